The molecule has 82 valence electrons. The molecule has 0 unspecified atom stereocenters. The number of aromatic nitrogens is 1. The van der Waals surface area contributed by atoms with Crippen molar-refractivity contribution in [1.29, 1.82) is 0 Å². The van der Waals surface area contributed by atoms with Gasteiger partial charge in [0, 0.05) is 5.39 Å². The standard InChI is InChI=1S/C12H15NO.CH4/c1-12(2,3)8-10-9-6-4-5-7-11(9)14-13-10;/h4-7H,8H2,1-3H3;1H4. The smallest absolute Gasteiger partial charge is 0.167 e. The van der Waals surface area contributed by atoms with Crippen LogP contribution in [0.25, 0.3) is 11.0 Å². The summed E-state index contributed by atoms with van der Waals surface area (Å²) in [6.07, 6.45) is 0.948. The van der Waals surface area contributed by atoms with Crippen molar-refractivity contribution >= 4 is 11.0 Å². The molecule has 0 aliphatic rings. The summed E-state index contributed by atoms with van der Waals surface area (Å²) in [4.78, 5) is 0. The second-order valence-corrected chi connectivity index (χ2v) is 4.86. The monoisotopic (exact) mass is 205 g/mol. The van der Waals surface area contributed by atoms with Gasteiger partial charge in [-0.25, -0.2) is 0 Å². The van der Waals surface area contributed by atoms with Crippen LogP contribution in [-0.2, 0) is 6.42 Å². The average molecular weight is 205 g/mol. The number of fused-ring (bicyclic) bond motifs is 1. The Labute approximate surface area is 91.3 Å². The van der Waals surface area contributed by atoms with E-state index in [0.717, 1.165) is 23.1 Å². The molecule has 2 rings (SSSR count). The zero-order valence-corrected chi connectivity index (χ0v) is 8.87. The lowest BCUT2D eigenvalue weighted by Crippen LogP contribution is -2.09. The lowest BCUT2D eigenvalue weighted by Gasteiger charge is -2.15. The highest BCUT2D eigenvalue weighted by Gasteiger charge is 2.16. The minimum Gasteiger partial charge on any atom is -0.356 e. The Morgan fingerprint density at radius 2 is 1.87 bits per heavy atom. The van der Waals surface area contributed by atoms with E-state index in [1.165, 1.54) is 0 Å². The van der Waals surface area contributed by atoms with Crippen LogP contribution < -0.4 is 0 Å². The van der Waals surface area contributed by atoms with E-state index in [9.17, 15) is 0 Å². The van der Waals surface area contributed by atoms with Gasteiger partial charge in [0.1, 0.15) is 0 Å². The summed E-state index contributed by atoms with van der Waals surface area (Å²) in [6.45, 7) is 6.61. The van der Waals surface area contributed by atoms with Crippen LogP contribution in [0.15, 0.2) is 28.8 Å². The number of rotatable bonds is 1. The van der Waals surface area contributed by atoms with Crippen molar-refractivity contribution < 1.29 is 4.52 Å². The summed E-state index contributed by atoms with van der Waals surface area (Å²) in [7, 11) is 0. The quantitative estimate of drug-likeness (QED) is 0.702. The average Bonchev–Trinajstić information content (AvgIpc) is 2.47. The second-order valence-electron chi connectivity index (χ2n) is 4.86. The molecule has 0 bridgehead atoms. The highest BCUT2D eigenvalue weighted by Crippen LogP contribution is 2.25. The van der Waals surface area contributed by atoms with E-state index in [4.69, 9.17) is 4.52 Å². The fraction of sp³-hybridized carbons (Fsp3) is 0.462. The number of benzene rings is 1. The summed E-state index contributed by atoms with van der Waals surface area (Å²) < 4.78 is 5.24. The van der Waals surface area contributed by atoms with Gasteiger partial charge in [-0.1, -0.05) is 45.5 Å². The van der Waals surface area contributed by atoms with Crippen molar-refractivity contribution in [2.75, 3.05) is 0 Å². The van der Waals surface area contributed by atoms with Crippen molar-refractivity contribution in [3.8, 4) is 0 Å². The first-order valence-electron chi connectivity index (χ1n) is 4.89. The third-order valence-corrected chi connectivity index (χ3v) is 2.15. The van der Waals surface area contributed by atoms with Crippen molar-refractivity contribution in [1.82, 2.24) is 5.16 Å². The molecule has 2 heteroatoms. The zero-order chi connectivity index (χ0) is 10.2. The maximum atomic E-state index is 5.24. The highest BCUT2D eigenvalue weighted by molar-refractivity contribution is 5.79. The SMILES string of the molecule is C.CC(C)(C)Cc1noc2ccccc12. The fourth-order valence-corrected chi connectivity index (χ4v) is 1.57. The van der Waals surface area contributed by atoms with Crippen LogP contribution in [0, 0.1) is 5.41 Å². The van der Waals surface area contributed by atoms with E-state index in [1.807, 2.05) is 18.2 Å². The summed E-state index contributed by atoms with van der Waals surface area (Å²) in [5.74, 6) is 0. The molecule has 0 aliphatic carbocycles. The van der Waals surface area contributed by atoms with Crippen molar-refractivity contribution in [2.24, 2.45) is 5.41 Å². The lowest BCUT2D eigenvalue weighted by atomic mass is 9.89. The first kappa shape index (κ1) is 11.8. The molecule has 15 heavy (non-hydrogen) atoms. The third-order valence-electron chi connectivity index (χ3n) is 2.15. The number of para-hydroxylation sites is 1. The topological polar surface area (TPSA) is 26.0 Å². The highest BCUT2D eigenvalue weighted by atomic mass is 16.5. The molecule has 0 aliphatic heterocycles. The second kappa shape index (κ2) is 4.05. The van der Waals surface area contributed by atoms with Crippen molar-refractivity contribution in [3.63, 3.8) is 0 Å². The number of hydrogen-bond donors (Lipinski definition) is 0. The first-order valence-corrected chi connectivity index (χ1v) is 4.89. The summed E-state index contributed by atoms with van der Waals surface area (Å²) in [5.41, 5.74) is 2.19. The van der Waals surface area contributed by atoms with Gasteiger partial charge in [-0.2, -0.15) is 0 Å². The van der Waals surface area contributed by atoms with E-state index in [1.54, 1.807) is 0 Å². The van der Waals surface area contributed by atoms with Gasteiger partial charge in [0.05, 0.1) is 5.69 Å². The van der Waals surface area contributed by atoms with Crippen LogP contribution in [0.1, 0.15) is 33.9 Å². The van der Waals surface area contributed by atoms with Gasteiger partial charge in [-0.3, -0.25) is 0 Å². The van der Waals surface area contributed by atoms with Gasteiger partial charge < -0.3 is 4.52 Å². The molecule has 1 aromatic carbocycles. The lowest BCUT2D eigenvalue weighted by molar-refractivity contribution is 0.382. The molecule has 1 aromatic heterocycles. The van der Waals surface area contributed by atoms with Gasteiger partial charge in [0.25, 0.3) is 0 Å². The molecule has 1 heterocycles. The Morgan fingerprint density at radius 1 is 1.20 bits per heavy atom. The molecule has 0 saturated carbocycles. The van der Waals surface area contributed by atoms with Gasteiger partial charge in [-0.05, 0) is 24.0 Å². The van der Waals surface area contributed by atoms with Crippen molar-refractivity contribution in [2.45, 2.75) is 34.6 Å². The predicted octanol–water partition coefficient (Wildman–Crippen LogP) is 4.05. The Hall–Kier alpha value is -1.31. The molecule has 2 nitrogen and oxygen atoms in total. The molecule has 2 aromatic rings. The molecule has 0 N–H and O–H groups in total. The molecular weight excluding hydrogens is 186 g/mol. The summed E-state index contributed by atoms with van der Waals surface area (Å²) in [6, 6.07) is 8.00. The maximum absolute atomic E-state index is 5.24. The molecule has 0 atom stereocenters. The predicted molar refractivity (Wildman–Crippen MR) is 63.9 cm³/mol. The van der Waals surface area contributed by atoms with Gasteiger partial charge in [0.2, 0.25) is 0 Å². The Kier molecular flexibility index (Phi) is 3.18. The van der Waals surface area contributed by atoms with E-state index in [2.05, 4.69) is 32.0 Å². The third kappa shape index (κ3) is 2.58. The molecule has 0 spiro atoms. The van der Waals surface area contributed by atoms with E-state index in [0.29, 0.717) is 0 Å². The van der Waals surface area contributed by atoms with Crippen LogP contribution in [0.2, 0.25) is 0 Å². The number of hydrogen-bond acceptors (Lipinski definition) is 2. The van der Waals surface area contributed by atoms with E-state index >= 15 is 0 Å². The zero-order valence-electron chi connectivity index (χ0n) is 8.87. The van der Waals surface area contributed by atoms with Crippen LogP contribution >= 0.6 is 0 Å². The Bertz CT molecular complexity index is 437. The molecule has 0 fully saturated rings. The fourth-order valence-electron chi connectivity index (χ4n) is 1.57. The van der Waals surface area contributed by atoms with Crippen LogP contribution in [0.4, 0.5) is 0 Å². The van der Waals surface area contributed by atoms with E-state index in [-0.39, 0.29) is 12.8 Å². The minimum atomic E-state index is 0. The van der Waals surface area contributed by atoms with Crippen LogP contribution in [-0.4, -0.2) is 5.16 Å². The minimum absolute atomic E-state index is 0. The first-order chi connectivity index (χ1) is 6.56. The van der Waals surface area contributed by atoms with Gasteiger partial charge in [-0.15, -0.1) is 0 Å². The van der Waals surface area contributed by atoms with Crippen molar-refractivity contribution in [3.05, 3.63) is 30.0 Å². The van der Waals surface area contributed by atoms with Gasteiger partial charge >= 0.3 is 0 Å². The number of nitrogens with zero attached hydrogens (tertiary/aromatic N) is 1. The van der Waals surface area contributed by atoms with E-state index < -0.39 is 0 Å². The summed E-state index contributed by atoms with van der Waals surface area (Å²) >= 11 is 0. The molecule has 0 amide bonds. The molecular formula is C13H19NO. The van der Waals surface area contributed by atoms with Crippen LogP contribution in [0.3, 0.4) is 0 Å². The maximum Gasteiger partial charge on any atom is 0.167 e. The summed E-state index contributed by atoms with van der Waals surface area (Å²) in [5, 5.41) is 5.25. The Morgan fingerprint density at radius 3 is 2.53 bits per heavy atom. The van der Waals surface area contributed by atoms with Gasteiger partial charge in [0.15, 0.2) is 5.58 Å². The molecule has 0 saturated heterocycles. The Balaban J connectivity index is 0.00000112. The van der Waals surface area contributed by atoms with Crippen LogP contribution in [0.5, 0.6) is 0 Å². The largest absolute Gasteiger partial charge is 0.356 e. The normalized spacial score (nSPS) is 11.4. The molecule has 0 radical (unpaired) electrons.